The summed E-state index contributed by atoms with van der Waals surface area (Å²) in [5.74, 6) is -3.09. The van der Waals surface area contributed by atoms with E-state index in [2.05, 4.69) is 15.0 Å². The zero-order valence-electron chi connectivity index (χ0n) is 14.4. The molecular formula is C17H17N3O6S2. The average Bonchev–Trinajstić information content (AvgIpc) is 3.38. The molecule has 9 nitrogen and oxygen atoms in total. The van der Waals surface area contributed by atoms with Crippen molar-refractivity contribution in [1.82, 2.24) is 4.98 Å². The molecule has 1 aromatic heterocycles. The first-order valence-electron chi connectivity index (χ1n) is 8.57. The van der Waals surface area contributed by atoms with Crippen LogP contribution in [0.2, 0.25) is 0 Å². The molecule has 0 unspecified atom stereocenters. The number of hydrogen-bond acceptors (Lipinski definition) is 7. The maximum atomic E-state index is 12.6. The molecule has 0 radical (unpaired) electrons. The first-order valence-corrected chi connectivity index (χ1v) is 10.9. The summed E-state index contributed by atoms with van der Waals surface area (Å²) in [6, 6.07) is 5.63. The molecule has 11 heteroatoms. The molecule has 28 heavy (non-hydrogen) atoms. The molecule has 0 aliphatic carbocycles. The minimum atomic E-state index is -3.78. The van der Waals surface area contributed by atoms with Crippen molar-refractivity contribution in [3.8, 4) is 0 Å². The molecule has 1 amide bonds. The number of aliphatic carboxylic acids is 1. The van der Waals surface area contributed by atoms with Crippen LogP contribution in [0, 0.1) is 11.8 Å². The molecule has 0 saturated carbocycles. The number of nitrogens with one attached hydrogen (secondary N) is 2. The molecule has 3 heterocycles. The van der Waals surface area contributed by atoms with Crippen molar-refractivity contribution in [2.24, 2.45) is 11.8 Å². The highest BCUT2D eigenvalue weighted by atomic mass is 32.2. The van der Waals surface area contributed by atoms with Crippen LogP contribution in [-0.4, -0.2) is 42.6 Å². The van der Waals surface area contributed by atoms with E-state index in [0.717, 1.165) is 11.3 Å². The Labute approximate surface area is 164 Å². The maximum Gasteiger partial charge on any atom is 0.310 e. The van der Waals surface area contributed by atoms with Gasteiger partial charge in [0.25, 0.3) is 10.0 Å². The van der Waals surface area contributed by atoms with Gasteiger partial charge < -0.3 is 15.2 Å². The Balaban J connectivity index is 1.46. The fraction of sp³-hybridized carbons (Fsp3) is 0.353. The number of benzene rings is 1. The van der Waals surface area contributed by atoms with Crippen LogP contribution in [0.1, 0.15) is 12.8 Å². The molecule has 2 aliphatic heterocycles. The normalized spacial score (nSPS) is 26.1. The number of carbonyl (C=O) groups is 2. The van der Waals surface area contributed by atoms with Crippen molar-refractivity contribution in [2.45, 2.75) is 29.9 Å². The van der Waals surface area contributed by atoms with Gasteiger partial charge in [-0.3, -0.25) is 14.3 Å². The lowest BCUT2D eigenvalue weighted by Gasteiger charge is -2.23. The Bertz CT molecular complexity index is 990. The summed E-state index contributed by atoms with van der Waals surface area (Å²) >= 11 is 1.16. The van der Waals surface area contributed by atoms with Gasteiger partial charge in [0.1, 0.15) is 0 Å². The molecule has 3 N–H and O–H groups in total. The molecule has 1 aromatic carbocycles. The van der Waals surface area contributed by atoms with Crippen LogP contribution >= 0.6 is 11.3 Å². The zero-order chi connectivity index (χ0) is 19.9. The van der Waals surface area contributed by atoms with Gasteiger partial charge in [-0.15, -0.1) is 11.3 Å². The van der Waals surface area contributed by atoms with Gasteiger partial charge in [-0.1, -0.05) is 0 Å². The second-order valence-corrected chi connectivity index (χ2v) is 9.21. The van der Waals surface area contributed by atoms with Crippen LogP contribution in [0.5, 0.6) is 0 Å². The van der Waals surface area contributed by atoms with Crippen molar-refractivity contribution in [1.29, 1.82) is 0 Å². The van der Waals surface area contributed by atoms with Gasteiger partial charge in [-0.25, -0.2) is 13.4 Å². The molecule has 2 aliphatic rings. The number of anilines is 2. The third kappa shape index (κ3) is 3.48. The summed E-state index contributed by atoms with van der Waals surface area (Å²) in [4.78, 5) is 28.0. The van der Waals surface area contributed by atoms with Crippen LogP contribution in [0.3, 0.4) is 0 Å². The number of sulfonamides is 1. The molecule has 4 atom stereocenters. The standard InChI is InChI=1S/C17H17N3O6S2/c21-15(13-11-5-6-12(26-11)14(13)16(22)23)19-9-1-3-10(4-2-9)28(24,25)20-17-18-7-8-27-17/h1-4,7-8,11-14H,5-6H2,(H,18,20)(H,19,21)(H,22,23)/t11-,12-,13-,14+/m1/s1. The van der Waals surface area contributed by atoms with E-state index in [0.29, 0.717) is 18.5 Å². The second kappa shape index (κ2) is 7.15. The number of rotatable bonds is 6. The van der Waals surface area contributed by atoms with Crippen molar-refractivity contribution < 1.29 is 27.9 Å². The lowest BCUT2D eigenvalue weighted by molar-refractivity contribution is -0.147. The van der Waals surface area contributed by atoms with Gasteiger partial charge in [0.15, 0.2) is 5.13 Å². The lowest BCUT2D eigenvalue weighted by atomic mass is 9.78. The highest BCUT2D eigenvalue weighted by Crippen LogP contribution is 2.44. The fourth-order valence-corrected chi connectivity index (χ4v) is 5.50. The predicted molar refractivity (Wildman–Crippen MR) is 101 cm³/mol. The first kappa shape index (κ1) is 18.8. The number of fused-ring (bicyclic) bond motifs is 2. The van der Waals surface area contributed by atoms with Crippen molar-refractivity contribution in [3.05, 3.63) is 35.8 Å². The van der Waals surface area contributed by atoms with Gasteiger partial charge in [0, 0.05) is 17.3 Å². The number of thiazole rings is 1. The van der Waals surface area contributed by atoms with E-state index in [4.69, 9.17) is 4.74 Å². The highest BCUT2D eigenvalue weighted by molar-refractivity contribution is 7.93. The summed E-state index contributed by atoms with van der Waals surface area (Å²) in [5.41, 5.74) is 0.380. The largest absolute Gasteiger partial charge is 0.481 e. The predicted octanol–water partition coefficient (Wildman–Crippen LogP) is 1.76. The minimum Gasteiger partial charge on any atom is -0.481 e. The van der Waals surface area contributed by atoms with E-state index in [9.17, 15) is 23.1 Å². The second-order valence-electron chi connectivity index (χ2n) is 6.64. The van der Waals surface area contributed by atoms with Crippen molar-refractivity contribution in [2.75, 3.05) is 10.0 Å². The number of ether oxygens (including phenoxy) is 1. The molecule has 0 spiro atoms. The summed E-state index contributed by atoms with van der Waals surface area (Å²) in [7, 11) is -3.78. The Morgan fingerprint density at radius 1 is 1.14 bits per heavy atom. The number of carbonyl (C=O) groups excluding carboxylic acids is 1. The van der Waals surface area contributed by atoms with Crippen molar-refractivity contribution >= 4 is 44.1 Å². The van der Waals surface area contributed by atoms with Crippen LogP contribution in [-0.2, 0) is 24.3 Å². The van der Waals surface area contributed by atoms with Gasteiger partial charge in [0.2, 0.25) is 5.91 Å². The van der Waals surface area contributed by atoms with Crippen LogP contribution in [0.4, 0.5) is 10.8 Å². The molecular weight excluding hydrogens is 406 g/mol. The maximum absolute atomic E-state index is 12.6. The van der Waals surface area contributed by atoms with Crippen LogP contribution < -0.4 is 10.0 Å². The summed E-state index contributed by atoms with van der Waals surface area (Å²) in [5, 5.41) is 14.0. The number of nitrogens with zero attached hydrogens (tertiary/aromatic N) is 1. The Morgan fingerprint density at radius 3 is 2.43 bits per heavy atom. The summed E-state index contributed by atoms with van der Waals surface area (Å²) < 4.78 is 32.6. The topological polar surface area (TPSA) is 135 Å². The molecule has 2 fully saturated rings. The molecule has 148 valence electrons. The third-order valence-corrected chi connectivity index (χ3v) is 7.12. The smallest absolute Gasteiger partial charge is 0.310 e. The van der Waals surface area contributed by atoms with E-state index < -0.39 is 45.9 Å². The van der Waals surface area contributed by atoms with Gasteiger partial charge in [-0.05, 0) is 37.1 Å². The summed E-state index contributed by atoms with van der Waals surface area (Å²) in [6.07, 6.45) is 1.97. The van der Waals surface area contributed by atoms with Gasteiger partial charge >= 0.3 is 5.97 Å². The monoisotopic (exact) mass is 423 g/mol. The lowest BCUT2D eigenvalue weighted by Crippen LogP contribution is -2.40. The third-order valence-electron chi connectivity index (χ3n) is 4.95. The quantitative estimate of drug-likeness (QED) is 0.644. The van der Waals surface area contributed by atoms with Gasteiger partial charge in [0.05, 0.1) is 28.9 Å². The molecule has 2 saturated heterocycles. The SMILES string of the molecule is O=C(O)[C@@H]1[C@H](C(=O)Nc2ccc(S(=O)(=O)Nc3nccs3)cc2)[C@H]2CC[C@H]1O2. The van der Waals surface area contributed by atoms with E-state index in [1.807, 2.05) is 0 Å². The number of carboxylic acid groups (broad SMARTS) is 1. The van der Waals surface area contributed by atoms with E-state index in [1.54, 1.807) is 5.38 Å². The zero-order valence-corrected chi connectivity index (χ0v) is 16.1. The van der Waals surface area contributed by atoms with Crippen LogP contribution in [0.25, 0.3) is 0 Å². The van der Waals surface area contributed by atoms with E-state index in [-0.39, 0.29) is 10.0 Å². The number of amides is 1. The van der Waals surface area contributed by atoms with Crippen molar-refractivity contribution in [3.63, 3.8) is 0 Å². The average molecular weight is 423 g/mol. The Morgan fingerprint density at radius 2 is 1.82 bits per heavy atom. The van der Waals surface area contributed by atoms with Gasteiger partial charge in [-0.2, -0.15) is 0 Å². The Kier molecular flexibility index (Phi) is 4.81. The van der Waals surface area contributed by atoms with E-state index in [1.165, 1.54) is 30.5 Å². The molecule has 2 bridgehead atoms. The molecule has 4 rings (SSSR count). The first-order chi connectivity index (χ1) is 13.3. The fourth-order valence-electron chi connectivity index (χ4n) is 3.72. The molecule has 2 aromatic rings. The summed E-state index contributed by atoms with van der Waals surface area (Å²) in [6.45, 7) is 0. The Hall–Kier alpha value is -2.50. The minimum absolute atomic E-state index is 0.0207. The number of carboxylic acids is 1. The highest BCUT2D eigenvalue weighted by Gasteiger charge is 2.55. The van der Waals surface area contributed by atoms with Crippen LogP contribution in [0.15, 0.2) is 40.7 Å². The van der Waals surface area contributed by atoms with E-state index >= 15 is 0 Å². The number of aromatic nitrogens is 1. The number of hydrogen-bond donors (Lipinski definition) is 3.